The van der Waals surface area contributed by atoms with Crippen molar-refractivity contribution in [3.63, 3.8) is 0 Å². The zero-order valence-corrected chi connectivity index (χ0v) is 7.31. The van der Waals surface area contributed by atoms with Gasteiger partial charge < -0.3 is 5.73 Å². The van der Waals surface area contributed by atoms with Gasteiger partial charge in [-0.3, -0.25) is 0 Å². The van der Waals surface area contributed by atoms with E-state index in [0.29, 0.717) is 11.5 Å². The molecular weight excluding hydrogens is 134 g/mol. The summed E-state index contributed by atoms with van der Waals surface area (Å²) in [5, 5.41) is 0. The summed E-state index contributed by atoms with van der Waals surface area (Å²) < 4.78 is 0. The van der Waals surface area contributed by atoms with Gasteiger partial charge >= 0.3 is 0 Å². The second kappa shape index (κ2) is 2.78. The Morgan fingerprint density at radius 3 is 2.09 bits per heavy atom. The molecule has 2 N–H and O–H groups in total. The first kappa shape index (κ1) is 7.60. The largest absolute Gasteiger partial charge is 0.327 e. The summed E-state index contributed by atoms with van der Waals surface area (Å²) in [6, 6.07) is 0.541. The normalized spacial score (nSPS) is 36.3. The summed E-state index contributed by atoms with van der Waals surface area (Å²) in [5.41, 5.74) is 6.78. The average Bonchev–Trinajstić information content (AvgIpc) is 2.46. The first-order chi connectivity index (χ1) is 5.33. The summed E-state index contributed by atoms with van der Waals surface area (Å²) in [4.78, 5) is 0. The Kier molecular flexibility index (Phi) is 1.92. The summed E-state index contributed by atoms with van der Waals surface area (Å²) in [7, 11) is 0. The van der Waals surface area contributed by atoms with E-state index in [0.717, 1.165) is 0 Å². The maximum atomic E-state index is 6.18. The molecule has 0 radical (unpaired) electrons. The van der Waals surface area contributed by atoms with E-state index in [9.17, 15) is 0 Å². The van der Waals surface area contributed by atoms with Gasteiger partial charge in [0.05, 0.1) is 0 Å². The van der Waals surface area contributed by atoms with Crippen LogP contribution in [0.5, 0.6) is 0 Å². The second-order valence-corrected chi connectivity index (χ2v) is 4.42. The lowest BCUT2D eigenvalue weighted by Crippen LogP contribution is -2.42. The molecule has 2 saturated carbocycles. The second-order valence-electron chi connectivity index (χ2n) is 4.42. The van der Waals surface area contributed by atoms with Crippen LogP contribution >= 0.6 is 0 Å². The molecule has 0 heterocycles. The van der Waals surface area contributed by atoms with Crippen molar-refractivity contribution in [2.45, 2.75) is 57.4 Å². The summed E-state index contributed by atoms with van der Waals surface area (Å²) >= 11 is 0. The van der Waals surface area contributed by atoms with E-state index in [-0.39, 0.29) is 0 Å². The zero-order chi connectivity index (χ0) is 7.73. The highest BCUT2D eigenvalue weighted by atomic mass is 14.7. The molecule has 2 aliphatic rings. The molecule has 0 unspecified atom stereocenters. The molecule has 2 rings (SSSR count). The lowest BCUT2D eigenvalue weighted by Gasteiger charge is -2.39. The van der Waals surface area contributed by atoms with Gasteiger partial charge in [-0.15, -0.1) is 0 Å². The minimum Gasteiger partial charge on any atom is -0.327 e. The highest BCUT2D eigenvalue weighted by molar-refractivity contribution is 4.95. The predicted molar refractivity (Wildman–Crippen MR) is 47.3 cm³/mol. The average molecular weight is 153 g/mol. The van der Waals surface area contributed by atoms with Gasteiger partial charge in [-0.2, -0.15) is 0 Å². The van der Waals surface area contributed by atoms with Crippen LogP contribution in [0.2, 0.25) is 0 Å². The van der Waals surface area contributed by atoms with Crippen LogP contribution in [0, 0.1) is 5.41 Å². The highest BCUT2D eigenvalue weighted by Gasteiger charge is 2.40. The van der Waals surface area contributed by atoms with Crippen LogP contribution in [0.15, 0.2) is 0 Å². The minimum atomic E-state index is 0.541. The van der Waals surface area contributed by atoms with Gasteiger partial charge in [0.25, 0.3) is 0 Å². The lowest BCUT2D eigenvalue weighted by molar-refractivity contribution is 0.160. The number of hydrogen-bond acceptors (Lipinski definition) is 1. The van der Waals surface area contributed by atoms with Crippen LogP contribution in [0.25, 0.3) is 0 Å². The van der Waals surface area contributed by atoms with Gasteiger partial charge in [0.15, 0.2) is 0 Å². The van der Waals surface area contributed by atoms with E-state index in [4.69, 9.17) is 5.73 Å². The number of rotatable bonds is 0. The smallest absolute Gasteiger partial charge is 0.00955 e. The van der Waals surface area contributed by atoms with Crippen molar-refractivity contribution in [3.05, 3.63) is 0 Å². The maximum absolute atomic E-state index is 6.18. The Morgan fingerprint density at radius 2 is 1.45 bits per heavy atom. The third-order valence-electron chi connectivity index (χ3n) is 3.83. The van der Waals surface area contributed by atoms with Gasteiger partial charge in [-0.25, -0.2) is 0 Å². The Morgan fingerprint density at radius 1 is 0.909 bits per heavy atom. The molecule has 0 amide bonds. The maximum Gasteiger partial charge on any atom is 0.00955 e. The van der Waals surface area contributed by atoms with Crippen molar-refractivity contribution in [3.8, 4) is 0 Å². The van der Waals surface area contributed by atoms with E-state index in [1.165, 1.54) is 51.4 Å². The Labute approximate surface area is 69.4 Å². The van der Waals surface area contributed by atoms with Crippen LogP contribution < -0.4 is 5.73 Å². The van der Waals surface area contributed by atoms with E-state index < -0.39 is 0 Å². The first-order valence-electron chi connectivity index (χ1n) is 5.09. The van der Waals surface area contributed by atoms with Crippen molar-refractivity contribution in [2.75, 3.05) is 0 Å². The Balaban J connectivity index is 2.07. The van der Waals surface area contributed by atoms with Crippen LogP contribution in [-0.2, 0) is 0 Å². The van der Waals surface area contributed by atoms with Crippen molar-refractivity contribution < 1.29 is 0 Å². The van der Waals surface area contributed by atoms with Crippen LogP contribution in [0.4, 0.5) is 0 Å². The van der Waals surface area contributed by atoms with Gasteiger partial charge in [0.1, 0.15) is 0 Å². The molecule has 1 spiro atoms. The van der Waals surface area contributed by atoms with E-state index in [2.05, 4.69) is 0 Å². The van der Waals surface area contributed by atoms with Gasteiger partial charge in [0, 0.05) is 6.04 Å². The molecule has 0 saturated heterocycles. The van der Waals surface area contributed by atoms with Gasteiger partial charge in [-0.1, -0.05) is 25.7 Å². The SMILES string of the molecule is N[C@H]1CCCCC12CCCC2. The van der Waals surface area contributed by atoms with E-state index in [1.54, 1.807) is 0 Å². The van der Waals surface area contributed by atoms with Gasteiger partial charge in [-0.05, 0) is 31.1 Å². The fraction of sp³-hybridized carbons (Fsp3) is 1.00. The Bertz CT molecular complexity index is 136. The molecule has 0 aromatic carbocycles. The zero-order valence-electron chi connectivity index (χ0n) is 7.31. The van der Waals surface area contributed by atoms with Crippen molar-refractivity contribution in [1.82, 2.24) is 0 Å². The molecule has 0 bridgehead atoms. The fourth-order valence-electron chi connectivity index (χ4n) is 3.03. The van der Waals surface area contributed by atoms with Crippen molar-refractivity contribution in [1.29, 1.82) is 0 Å². The lowest BCUT2D eigenvalue weighted by atomic mass is 9.69. The number of nitrogens with two attached hydrogens (primary N) is 1. The van der Waals surface area contributed by atoms with E-state index >= 15 is 0 Å². The highest BCUT2D eigenvalue weighted by Crippen LogP contribution is 2.48. The molecule has 1 heteroatoms. The summed E-state index contributed by atoms with van der Waals surface area (Å²) in [5.74, 6) is 0. The topological polar surface area (TPSA) is 26.0 Å². The molecule has 1 atom stereocenters. The fourth-order valence-corrected chi connectivity index (χ4v) is 3.03. The summed E-state index contributed by atoms with van der Waals surface area (Å²) in [6.07, 6.45) is 11.3. The predicted octanol–water partition coefficient (Wildman–Crippen LogP) is 2.45. The molecule has 0 aromatic rings. The van der Waals surface area contributed by atoms with Crippen LogP contribution in [0.1, 0.15) is 51.4 Å². The van der Waals surface area contributed by atoms with Crippen molar-refractivity contribution >= 4 is 0 Å². The monoisotopic (exact) mass is 153 g/mol. The molecule has 2 aliphatic carbocycles. The summed E-state index contributed by atoms with van der Waals surface area (Å²) in [6.45, 7) is 0. The van der Waals surface area contributed by atoms with Crippen LogP contribution in [0.3, 0.4) is 0 Å². The minimum absolute atomic E-state index is 0.541. The number of hydrogen-bond donors (Lipinski definition) is 1. The Hall–Kier alpha value is -0.0400. The molecule has 1 nitrogen and oxygen atoms in total. The van der Waals surface area contributed by atoms with Crippen LogP contribution in [-0.4, -0.2) is 6.04 Å². The molecule has 64 valence electrons. The quantitative estimate of drug-likeness (QED) is 0.568. The molecule has 2 fully saturated rings. The molecule has 0 aliphatic heterocycles. The third-order valence-corrected chi connectivity index (χ3v) is 3.83. The van der Waals surface area contributed by atoms with Crippen molar-refractivity contribution in [2.24, 2.45) is 11.1 Å². The van der Waals surface area contributed by atoms with E-state index in [1.807, 2.05) is 0 Å². The van der Waals surface area contributed by atoms with Gasteiger partial charge in [0.2, 0.25) is 0 Å². The first-order valence-corrected chi connectivity index (χ1v) is 5.09. The third kappa shape index (κ3) is 1.20. The molecule has 0 aromatic heterocycles. The molecular formula is C10H19N. The standard InChI is InChI=1S/C10H19N/c11-9-5-1-2-6-10(9)7-3-4-8-10/h9H,1-8,11H2/t9-/m0/s1. The molecule has 11 heavy (non-hydrogen) atoms.